The maximum Gasteiger partial charge on any atom is 0.191 e. The van der Waals surface area contributed by atoms with Crippen molar-refractivity contribution in [1.29, 1.82) is 0 Å². The first kappa shape index (κ1) is 20.2. The van der Waals surface area contributed by atoms with Crippen LogP contribution in [0.5, 0.6) is 0 Å². The van der Waals surface area contributed by atoms with Gasteiger partial charge in [0.15, 0.2) is 5.96 Å². The average Bonchev–Trinajstić information content (AvgIpc) is 3.30. The van der Waals surface area contributed by atoms with Crippen LogP contribution in [0.2, 0.25) is 0 Å². The molecule has 0 radical (unpaired) electrons. The van der Waals surface area contributed by atoms with Crippen LogP contribution in [0, 0.1) is 5.82 Å². The van der Waals surface area contributed by atoms with E-state index in [1.165, 1.54) is 6.07 Å². The maximum atomic E-state index is 13.4. The second kappa shape index (κ2) is 10.1. The molecule has 130 valence electrons. The van der Waals surface area contributed by atoms with Crippen LogP contribution in [0.4, 0.5) is 4.39 Å². The quantitative estimate of drug-likeness (QED) is 0.286. The Morgan fingerprint density at radius 2 is 2.13 bits per heavy atom. The summed E-state index contributed by atoms with van der Waals surface area (Å²) in [4.78, 5) is 4.68. The Balaban J connectivity index is 0.00000264. The molecule has 0 bridgehead atoms. The first-order valence-electron chi connectivity index (χ1n) is 7.97. The summed E-state index contributed by atoms with van der Waals surface area (Å²) in [5.74, 6) is 0.652. The number of ether oxygens (including phenoxy) is 1. The molecule has 0 unspecified atom stereocenters. The predicted molar refractivity (Wildman–Crippen MR) is 103 cm³/mol. The van der Waals surface area contributed by atoms with E-state index in [0.717, 1.165) is 50.5 Å². The third-order valence-electron chi connectivity index (χ3n) is 3.99. The van der Waals surface area contributed by atoms with E-state index in [4.69, 9.17) is 4.74 Å². The van der Waals surface area contributed by atoms with Gasteiger partial charge in [0.05, 0.1) is 6.54 Å². The van der Waals surface area contributed by atoms with E-state index in [-0.39, 0.29) is 35.2 Å². The van der Waals surface area contributed by atoms with Gasteiger partial charge >= 0.3 is 0 Å². The number of nitrogens with one attached hydrogen (secondary N) is 2. The molecule has 2 rings (SSSR count). The summed E-state index contributed by atoms with van der Waals surface area (Å²) in [5.41, 5.74) is 1.09. The summed E-state index contributed by atoms with van der Waals surface area (Å²) in [6.45, 7) is 5.12. The molecule has 1 aliphatic rings. The van der Waals surface area contributed by atoms with Crippen molar-refractivity contribution < 1.29 is 9.13 Å². The Labute approximate surface area is 155 Å². The number of methoxy groups -OCH3 is 1. The fourth-order valence-corrected chi connectivity index (χ4v) is 2.50. The number of rotatable bonds is 8. The lowest BCUT2D eigenvalue weighted by Crippen LogP contribution is -2.38. The van der Waals surface area contributed by atoms with Gasteiger partial charge in [-0.25, -0.2) is 4.39 Å². The minimum absolute atomic E-state index is 0. The molecule has 0 amide bonds. The van der Waals surface area contributed by atoms with Crippen molar-refractivity contribution in [1.82, 2.24) is 10.6 Å². The predicted octanol–water partition coefficient (Wildman–Crippen LogP) is 3.07. The van der Waals surface area contributed by atoms with Gasteiger partial charge in [-0.05, 0) is 43.9 Å². The minimum Gasteiger partial charge on any atom is -0.385 e. The highest BCUT2D eigenvalue weighted by Crippen LogP contribution is 2.48. The SMILES string of the molecule is CCNC(=NCC1(c2cccc(F)c2)CC1)NCCCOC.I. The number of guanidine groups is 1. The van der Waals surface area contributed by atoms with Crippen molar-refractivity contribution in [2.45, 2.75) is 31.6 Å². The van der Waals surface area contributed by atoms with E-state index in [0.29, 0.717) is 6.54 Å². The summed E-state index contributed by atoms with van der Waals surface area (Å²) in [5, 5.41) is 6.55. The number of benzene rings is 1. The molecule has 0 heterocycles. The van der Waals surface area contributed by atoms with Crippen LogP contribution in [0.3, 0.4) is 0 Å². The van der Waals surface area contributed by atoms with Crippen LogP contribution < -0.4 is 10.6 Å². The Kier molecular flexibility index (Phi) is 8.83. The van der Waals surface area contributed by atoms with Gasteiger partial charge in [-0.3, -0.25) is 4.99 Å². The normalized spacial score (nSPS) is 15.7. The molecule has 1 aromatic carbocycles. The van der Waals surface area contributed by atoms with Gasteiger partial charge in [0, 0.05) is 32.2 Å². The third kappa shape index (κ3) is 6.25. The third-order valence-corrected chi connectivity index (χ3v) is 3.99. The fraction of sp³-hybridized carbons (Fsp3) is 0.588. The Morgan fingerprint density at radius 1 is 1.35 bits per heavy atom. The zero-order valence-corrected chi connectivity index (χ0v) is 16.2. The molecule has 1 aromatic rings. The summed E-state index contributed by atoms with van der Waals surface area (Å²) in [7, 11) is 1.70. The van der Waals surface area contributed by atoms with Crippen molar-refractivity contribution in [3.63, 3.8) is 0 Å². The van der Waals surface area contributed by atoms with Gasteiger partial charge in [-0.2, -0.15) is 0 Å². The smallest absolute Gasteiger partial charge is 0.191 e. The van der Waals surface area contributed by atoms with Crippen LogP contribution in [0.25, 0.3) is 0 Å². The van der Waals surface area contributed by atoms with Crippen molar-refractivity contribution in [3.8, 4) is 0 Å². The standard InChI is InChI=1S/C17H26FN3O.HI/c1-3-19-16(20-10-5-11-22-2)21-13-17(8-9-17)14-6-4-7-15(18)12-14;/h4,6-7,12H,3,5,8-11,13H2,1-2H3,(H2,19,20,21);1H. The Morgan fingerprint density at radius 3 is 2.74 bits per heavy atom. The van der Waals surface area contributed by atoms with Crippen LogP contribution in [0.1, 0.15) is 31.7 Å². The Bertz CT molecular complexity index is 506. The zero-order valence-electron chi connectivity index (χ0n) is 13.9. The molecule has 1 saturated carbocycles. The molecule has 1 fully saturated rings. The van der Waals surface area contributed by atoms with Crippen molar-refractivity contribution in [2.75, 3.05) is 33.4 Å². The molecule has 0 spiro atoms. The molecular weight excluding hydrogens is 408 g/mol. The highest BCUT2D eigenvalue weighted by atomic mass is 127. The number of aliphatic imine (C=N–C) groups is 1. The second-order valence-corrected chi connectivity index (χ2v) is 5.76. The number of halogens is 2. The van der Waals surface area contributed by atoms with Crippen LogP contribution >= 0.6 is 24.0 Å². The number of hydrogen-bond donors (Lipinski definition) is 2. The molecule has 1 aliphatic carbocycles. The van der Waals surface area contributed by atoms with E-state index < -0.39 is 0 Å². The van der Waals surface area contributed by atoms with Crippen molar-refractivity contribution in [2.24, 2.45) is 4.99 Å². The van der Waals surface area contributed by atoms with Gasteiger partial charge in [0.2, 0.25) is 0 Å². The molecule has 0 atom stereocenters. The zero-order chi connectivity index (χ0) is 15.8. The summed E-state index contributed by atoms with van der Waals surface area (Å²) in [6.07, 6.45) is 3.09. The van der Waals surface area contributed by atoms with E-state index >= 15 is 0 Å². The molecular formula is C17H27FIN3O. The summed E-state index contributed by atoms with van der Waals surface area (Å²) >= 11 is 0. The van der Waals surface area contributed by atoms with Crippen LogP contribution in [0.15, 0.2) is 29.3 Å². The fourth-order valence-electron chi connectivity index (χ4n) is 2.50. The first-order valence-corrected chi connectivity index (χ1v) is 7.97. The van der Waals surface area contributed by atoms with Gasteiger partial charge in [-0.15, -0.1) is 24.0 Å². The lowest BCUT2D eigenvalue weighted by molar-refractivity contribution is 0.195. The minimum atomic E-state index is -0.169. The molecule has 4 nitrogen and oxygen atoms in total. The van der Waals surface area contributed by atoms with Crippen LogP contribution in [-0.2, 0) is 10.2 Å². The monoisotopic (exact) mass is 435 g/mol. The van der Waals surface area contributed by atoms with E-state index in [1.54, 1.807) is 19.2 Å². The van der Waals surface area contributed by atoms with E-state index in [9.17, 15) is 4.39 Å². The van der Waals surface area contributed by atoms with Crippen molar-refractivity contribution >= 4 is 29.9 Å². The average molecular weight is 435 g/mol. The lowest BCUT2D eigenvalue weighted by atomic mass is 9.96. The van der Waals surface area contributed by atoms with Crippen LogP contribution in [-0.4, -0.2) is 39.3 Å². The van der Waals surface area contributed by atoms with E-state index in [2.05, 4.69) is 15.6 Å². The number of nitrogens with zero attached hydrogens (tertiary/aromatic N) is 1. The second-order valence-electron chi connectivity index (χ2n) is 5.76. The number of hydrogen-bond acceptors (Lipinski definition) is 2. The molecule has 23 heavy (non-hydrogen) atoms. The highest BCUT2D eigenvalue weighted by molar-refractivity contribution is 14.0. The largest absolute Gasteiger partial charge is 0.385 e. The Hall–Kier alpha value is -0.890. The topological polar surface area (TPSA) is 45.7 Å². The maximum absolute atomic E-state index is 13.4. The van der Waals surface area contributed by atoms with Crippen molar-refractivity contribution in [3.05, 3.63) is 35.6 Å². The summed E-state index contributed by atoms with van der Waals surface area (Å²) in [6, 6.07) is 6.92. The van der Waals surface area contributed by atoms with Gasteiger partial charge in [-0.1, -0.05) is 12.1 Å². The van der Waals surface area contributed by atoms with Gasteiger partial charge < -0.3 is 15.4 Å². The van der Waals surface area contributed by atoms with Gasteiger partial charge in [0.25, 0.3) is 0 Å². The first-order chi connectivity index (χ1) is 10.7. The molecule has 0 saturated heterocycles. The molecule has 0 aliphatic heterocycles. The van der Waals surface area contributed by atoms with E-state index in [1.807, 2.05) is 13.0 Å². The van der Waals surface area contributed by atoms with Gasteiger partial charge in [0.1, 0.15) is 5.82 Å². The molecule has 6 heteroatoms. The lowest BCUT2D eigenvalue weighted by Gasteiger charge is -2.16. The summed E-state index contributed by atoms with van der Waals surface area (Å²) < 4.78 is 18.5. The molecule has 0 aromatic heterocycles. The highest BCUT2D eigenvalue weighted by Gasteiger charge is 2.44. The molecule has 2 N–H and O–H groups in total.